The summed E-state index contributed by atoms with van der Waals surface area (Å²) in [5.41, 5.74) is 2.27. The van der Waals surface area contributed by atoms with Gasteiger partial charge in [0, 0.05) is 37.4 Å². The maximum Gasteiger partial charge on any atom is 0.255 e. The maximum absolute atomic E-state index is 12.2. The standard InChI is InChI=1S/C14H19N5O/c1-3-15-13-9-11(2)17-10-12(13)14(20)16-6-8-19-7-4-5-18-19/h4-5,7,9-10H,3,6,8H2,1-2H3,(H,15,17)(H,16,20). The normalized spacial score (nSPS) is 10.3. The molecule has 6 heteroatoms. The summed E-state index contributed by atoms with van der Waals surface area (Å²) in [6.45, 7) is 5.83. The first-order valence-corrected chi connectivity index (χ1v) is 6.67. The predicted octanol–water partition coefficient (Wildman–Crippen LogP) is 1.45. The molecule has 20 heavy (non-hydrogen) atoms. The fourth-order valence-corrected chi connectivity index (χ4v) is 1.89. The van der Waals surface area contributed by atoms with Crippen molar-refractivity contribution in [3.63, 3.8) is 0 Å². The van der Waals surface area contributed by atoms with Crippen molar-refractivity contribution in [1.29, 1.82) is 0 Å². The summed E-state index contributed by atoms with van der Waals surface area (Å²) in [5, 5.41) is 10.1. The average Bonchev–Trinajstić information content (AvgIpc) is 2.92. The van der Waals surface area contributed by atoms with Gasteiger partial charge < -0.3 is 10.6 Å². The molecule has 0 saturated carbocycles. The van der Waals surface area contributed by atoms with E-state index < -0.39 is 0 Å². The molecule has 0 aromatic carbocycles. The van der Waals surface area contributed by atoms with Gasteiger partial charge in [-0.1, -0.05) is 0 Å². The molecule has 0 aliphatic carbocycles. The van der Waals surface area contributed by atoms with Gasteiger partial charge in [-0.05, 0) is 26.0 Å². The van der Waals surface area contributed by atoms with Gasteiger partial charge >= 0.3 is 0 Å². The minimum absolute atomic E-state index is 0.124. The van der Waals surface area contributed by atoms with Gasteiger partial charge in [-0.25, -0.2) is 0 Å². The van der Waals surface area contributed by atoms with Gasteiger partial charge in [0.05, 0.1) is 17.8 Å². The van der Waals surface area contributed by atoms with Gasteiger partial charge in [-0.15, -0.1) is 0 Å². The fraction of sp³-hybridized carbons (Fsp3) is 0.357. The Morgan fingerprint density at radius 2 is 2.30 bits per heavy atom. The van der Waals surface area contributed by atoms with Crippen LogP contribution in [0.2, 0.25) is 0 Å². The van der Waals surface area contributed by atoms with E-state index >= 15 is 0 Å². The Morgan fingerprint density at radius 1 is 1.45 bits per heavy atom. The number of hydrogen-bond acceptors (Lipinski definition) is 4. The van der Waals surface area contributed by atoms with E-state index in [0.717, 1.165) is 17.9 Å². The Bertz CT molecular complexity index is 565. The molecule has 2 N–H and O–H groups in total. The third kappa shape index (κ3) is 3.57. The Kier molecular flexibility index (Phi) is 4.70. The fourth-order valence-electron chi connectivity index (χ4n) is 1.89. The van der Waals surface area contributed by atoms with Gasteiger partial charge in [0.15, 0.2) is 0 Å². The van der Waals surface area contributed by atoms with E-state index in [9.17, 15) is 4.79 Å². The number of amides is 1. The summed E-state index contributed by atoms with van der Waals surface area (Å²) < 4.78 is 1.78. The number of anilines is 1. The SMILES string of the molecule is CCNc1cc(C)ncc1C(=O)NCCn1cccn1. The molecule has 0 atom stereocenters. The molecule has 0 aliphatic rings. The highest BCUT2D eigenvalue weighted by Crippen LogP contribution is 2.15. The summed E-state index contributed by atoms with van der Waals surface area (Å²) in [5.74, 6) is -0.124. The Labute approximate surface area is 118 Å². The number of hydrogen-bond donors (Lipinski definition) is 2. The van der Waals surface area contributed by atoms with Gasteiger partial charge in [0.1, 0.15) is 0 Å². The average molecular weight is 273 g/mol. The Balaban J connectivity index is 1.97. The van der Waals surface area contributed by atoms with E-state index in [1.807, 2.05) is 32.2 Å². The van der Waals surface area contributed by atoms with Crippen molar-refractivity contribution >= 4 is 11.6 Å². The van der Waals surface area contributed by atoms with Crippen molar-refractivity contribution in [3.05, 3.63) is 42.0 Å². The molecular weight excluding hydrogens is 254 g/mol. The minimum Gasteiger partial charge on any atom is -0.385 e. The summed E-state index contributed by atoms with van der Waals surface area (Å²) in [4.78, 5) is 16.3. The molecule has 0 fully saturated rings. The highest BCUT2D eigenvalue weighted by atomic mass is 16.1. The molecule has 0 bridgehead atoms. The summed E-state index contributed by atoms with van der Waals surface area (Å²) in [7, 11) is 0. The molecule has 106 valence electrons. The monoisotopic (exact) mass is 273 g/mol. The zero-order valence-electron chi connectivity index (χ0n) is 11.8. The van der Waals surface area contributed by atoms with Gasteiger partial charge in [-0.3, -0.25) is 14.5 Å². The maximum atomic E-state index is 12.2. The first-order chi connectivity index (χ1) is 9.70. The first-order valence-electron chi connectivity index (χ1n) is 6.67. The molecule has 0 spiro atoms. The third-order valence-corrected chi connectivity index (χ3v) is 2.84. The van der Waals surface area contributed by atoms with Gasteiger partial charge in [-0.2, -0.15) is 5.10 Å². The molecule has 6 nitrogen and oxygen atoms in total. The second kappa shape index (κ2) is 6.70. The van der Waals surface area contributed by atoms with Crippen LogP contribution in [0.15, 0.2) is 30.7 Å². The highest BCUT2D eigenvalue weighted by Gasteiger charge is 2.11. The van der Waals surface area contributed by atoms with E-state index in [-0.39, 0.29) is 5.91 Å². The molecular formula is C14H19N5O. The van der Waals surface area contributed by atoms with Crippen LogP contribution in [0.3, 0.4) is 0 Å². The van der Waals surface area contributed by atoms with Crippen LogP contribution in [0.5, 0.6) is 0 Å². The first kappa shape index (κ1) is 14.0. The zero-order chi connectivity index (χ0) is 14.4. The van der Waals surface area contributed by atoms with Crippen LogP contribution in [-0.4, -0.2) is 33.8 Å². The number of carbonyl (C=O) groups excluding carboxylic acids is 1. The van der Waals surface area contributed by atoms with Crippen LogP contribution < -0.4 is 10.6 Å². The van der Waals surface area contributed by atoms with Crippen LogP contribution in [0, 0.1) is 6.92 Å². The number of carbonyl (C=O) groups is 1. The van der Waals surface area contributed by atoms with Crippen molar-refractivity contribution in [1.82, 2.24) is 20.1 Å². The molecule has 2 rings (SSSR count). The van der Waals surface area contributed by atoms with Crippen molar-refractivity contribution in [2.45, 2.75) is 20.4 Å². The third-order valence-electron chi connectivity index (χ3n) is 2.84. The smallest absolute Gasteiger partial charge is 0.255 e. The Morgan fingerprint density at radius 3 is 3.00 bits per heavy atom. The van der Waals surface area contributed by atoms with Crippen molar-refractivity contribution in [3.8, 4) is 0 Å². The van der Waals surface area contributed by atoms with Crippen LogP contribution in [0.25, 0.3) is 0 Å². The quantitative estimate of drug-likeness (QED) is 0.835. The molecule has 2 aromatic heterocycles. The van der Waals surface area contributed by atoms with E-state index in [1.54, 1.807) is 17.1 Å². The summed E-state index contributed by atoms with van der Waals surface area (Å²) in [6.07, 6.45) is 5.19. The zero-order valence-corrected chi connectivity index (χ0v) is 11.8. The van der Waals surface area contributed by atoms with E-state index in [1.165, 1.54) is 0 Å². The number of nitrogens with zero attached hydrogens (tertiary/aromatic N) is 3. The molecule has 0 saturated heterocycles. The number of nitrogens with one attached hydrogen (secondary N) is 2. The number of pyridine rings is 1. The number of aromatic nitrogens is 3. The van der Waals surface area contributed by atoms with E-state index in [2.05, 4.69) is 20.7 Å². The lowest BCUT2D eigenvalue weighted by Crippen LogP contribution is -2.28. The highest BCUT2D eigenvalue weighted by molar-refractivity contribution is 5.99. The molecule has 2 heterocycles. The molecule has 2 aromatic rings. The topological polar surface area (TPSA) is 71.8 Å². The Hall–Kier alpha value is -2.37. The molecule has 0 aliphatic heterocycles. The van der Waals surface area contributed by atoms with Crippen molar-refractivity contribution in [2.24, 2.45) is 0 Å². The second-order valence-corrected chi connectivity index (χ2v) is 4.43. The lowest BCUT2D eigenvalue weighted by atomic mass is 10.2. The number of rotatable bonds is 6. The van der Waals surface area contributed by atoms with E-state index in [0.29, 0.717) is 18.7 Å². The second-order valence-electron chi connectivity index (χ2n) is 4.43. The van der Waals surface area contributed by atoms with Gasteiger partial charge in [0.25, 0.3) is 5.91 Å². The van der Waals surface area contributed by atoms with Crippen LogP contribution >= 0.6 is 0 Å². The largest absolute Gasteiger partial charge is 0.385 e. The molecule has 0 unspecified atom stereocenters. The van der Waals surface area contributed by atoms with E-state index in [4.69, 9.17) is 0 Å². The van der Waals surface area contributed by atoms with Crippen molar-refractivity contribution in [2.75, 3.05) is 18.4 Å². The van der Waals surface area contributed by atoms with Crippen LogP contribution in [0.1, 0.15) is 23.0 Å². The predicted molar refractivity (Wildman–Crippen MR) is 77.7 cm³/mol. The lowest BCUT2D eigenvalue weighted by Gasteiger charge is -2.11. The summed E-state index contributed by atoms with van der Waals surface area (Å²) >= 11 is 0. The van der Waals surface area contributed by atoms with Gasteiger partial charge in [0.2, 0.25) is 0 Å². The molecule has 1 amide bonds. The lowest BCUT2D eigenvalue weighted by molar-refractivity contribution is 0.0952. The van der Waals surface area contributed by atoms with Crippen LogP contribution in [-0.2, 0) is 6.54 Å². The minimum atomic E-state index is -0.124. The van der Waals surface area contributed by atoms with Crippen molar-refractivity contribution < 1.29 is 4.79 Å². The summed E-state index contributed by atoms with van der Waals surface area (Å²) in [6, 6.07) is 3.74. The number of aryl methyl sites for hydroxylation is 1. The van der Waals surface area contributed by atoms with Crippen LogP contribution in [0.4, 0.5) is 5.69 Å². The molecule has 0 radical (unpaired) electrons.